The van der Waals surface area contributed by atoms with Crippen LogP contribution >= 0.6 is 0 Å². The van der Waals surface area contributed by atoms with E-state index in [2.05, 4.69) is 5.32 Å². The molecule has 2 aromatic rings. The molecular formula is C18H22N2O. The van der Waals surface area contributed by atoms with Crippen molar-refractivity contribution < 1.29 is 4.79 Å². The number of nitrogens with one attached hydrogen (secondary N) is 1. The van der Waals surface area contributed by atoms with Gasteiger partial charge in [-0.15, -0.1) is 0 Å². The van der Waals surface area contributed by atoms with Crippen molar-refractivity contribution in [2.45, 2.75) is 33.1 Å². The molecule has 0 aromatic heterocycles. The summed E-state index contributed by atoms with van der Waals surface area (Å²) in [5, 5.41) is 3.03. The van der Waals surface area contributed by atoms with Crippen molar-refractivity contribution in [3.05, 3.63) is 59.2 Å². The molecule has 0 aliphatic heterocycles. The monoisotopic (exact) mass is 282 g/mol. The van der Waals surface area contributed by atoms with Crippen molar-refractivity contribution in [1.82, 2.24) is 0 Å². The summed E-state index contributed by atoms with van der Waals surface area (Å²) in [6.07, 6.45) is 0.767. The average molecular weight is 282 g/mol. The fourth-order valence-corrected chi connectivity index (χ4v) is 2.45. The van der Waals surface area contributed by atoms with Crippen molar-refractivity contribution in [3.8, 4) is 0 Å². The van der Waals surface area contributed by atoms with E-state index in [4.69, 9.17) is 5.73 Å². The van der Waals surface area contributed by atoms with E-state index < -0.39 is 0 Å². The second kappa shape index (κ2) is 6.44. The van der Waals surface area contributed by atoms with E-state index >= 15 is 0 Å². The molecule has 0 bridgehead atoms. The first-order valence-corrected chi connectivity index (χ1v) is 7.25. The van der Waals surface area contributed by atoms with Gasteiger partial charge in [-0.2, -0.15) is 0 Å². The quantitative estimate of drug-likeness (QED) is 0.832. The van der Waals surface area contributed by atoms with Crippen LogP contribution in [0.15, 0.2) is 42.5 Å². The number of amides is 1. The molecule has 110 valence electrons. The molecule has 2 rings (SSSR count). The highest BCUT2D eigenvalue weighted by molar-refractivity contribution is 5.96. The summed E-state index contributed by atoms with van der Waals surface area (Å²) >= 11 is 0. The molecule has 2 aromatic carbocycles. The van der Waals surface area contributed by atoms with Crippen molar-refractivity contribution in [3.63, 3.8) is 0 Å². The van der Waals surface area contributed by atoms with Crippen molar-refractivity contribution in [2.75, 3.05) is 11.1 Å². The SMILES string of the molecule is CCC(C(=O)Nc1cc(C)c(N)cc1C)c1ccccc1. The van der Waals surface area contributed by atoms with Crippen LogP contribution in [0.2, 0.25) is 0 Å². The number of nitrogens with two attached hydrogens (primary N) is 1. The van der Waals surface area contributed by atoms with Gasteiger partial charge in [0.05, 0.1) is 5.92 Å². The zero-order chi connectivity index (χ0) is 15.4. The molecule has 0 radical (unpaired) electrons. The summed E-state index contributed by atoms with van der Waals surface area (Å²) < 4.78 is 0. The number of rotatable bonds is 4. The summed E-state index contributed by atoms with van der Waals surface area (Å²) in [5.41, 5.74) is 10.5. The highest BCUT2D eigenvalue weighted by Gasteiger charge is 2.19. The largest absolute Gasteiger partial charge is 0.399 e. The lowest BCUT2D eigenvalue weighted by atomic mass is 9.95. The van der Waals surface area contributed by atoms with Crippen LogP contribution in [0.25, 0.3) is 0 Å². The predicted molar refractivity (Wildman–Crippen MR) is 88.4 cm³/mol. The number of aryl methyl sites for hydroxylation is 2. The Morgan fingerprint density at radius 2 is 1.81 bits per heavy atom. The van der Waals surface area contributed by atoms with Crippen LogP contribution in [0.5, 0.6) is 0 Å². The molecule has 1 amide bonds. The Hall–Kier alpha value is -2.29. The number of carbonyl (C=O) groups is 1. The Balaban J connectivity index is 2.23. The summed E-state index contributed by atoms with van der Waals surface area (Å²) in [6.45, 7) is 5.92. The van der Waals surface area contributed by atoms with Crippen molar-refractivity contribution in [2.24, 2.45) is 0 Å². The molecule has 3 N–H and O–H groups in total. The number of carbonyl (C=O) groups excluding carboxylic acids is 1. The van der Waals surface area contributed by atoms with Gasteiger partial charge in [-0.1, -0.05) is 37.3 Å². The van der Waals surface area contributed by atoms with Gasteiger partial charge < -0.3 is 11.1 Å². The smallest absolute Gasteiger partial charge is 0.231 e. The number of hydrogen-bond donors (Lipinski definition) is 2. The van der Waals surface area contributed by atoms with Crippen LogP contribution in [-0.2, 0) is 4.79 Å². The molecule has 0 aliphatic carbocycles. The summed E-state index contributed by atoms with van der Waals surface area (Å²) in [7, 11) is 0. The second-order valence-electron chi connectivity index (χ2n) is 5.38. The van der Waals surface area contributed by atoms with Gasteiger partial charge in [-0.25, -0.2) is 0 Å². The summed E-state index contributed by atoms with van der Waals surface area (Å²) in [5.74, 6) is -0.112. The lowest BCUT2D eigenvalue weighted by Crippen LogP contribution is -2.21. The summed E-state index contributed by atoms with van der Waals surface area (Å²) in [6, 6.07) is 13.7. The van der Waals surface area contributed by atoms with Crippen LogP contribution in [0.4, 0.5) is 11.4 Å². The minimum Gasteiger partial charge on any atom is -0.399 e. The molecule has 0 spiro atoms. The van der Waals surface area contributed by atoms with E-state index in [1.165, 1.54) is 0 Å². The number of hydrogen-bond acceptors (Lipinski definition) is 2. The first-order valence-electron chi connectivity index (χ1n) is 7.25. The third-order valence-electron chi connectivity index (χ3n) is 3.80. The molecule has 3 heteroatoms. The fraction of sp³-hybridized carbons (Fsp3) is 0.278. The van der Waals surface area contributed by atoms with Gasteiger partial charge in [0.15, 0.2) is 0 Å². The molecule has 0 aliphatic rings. The third-order valence-corrected chi connectivity index (χ3v) is 3.80. The predicted octanol–water partition coefficient (Wildman–Crippen LogP) is 4.02. The Morgan fingerprint density at radius 3 is 2.43 bits per heavy atom. The van der Waals surface area contributed by atoms with Crippen LogP contribution < -0.4 is 11.1 Å². The van der Waals surface area contributed by atoms with Crippen LogP contribution in [0.3, 0.4) is 0 Å². The maximum Gasteiger partial charge on any atom is 0.231 e. The third kappa shape index (κ3) is 3.43. The molecular weight excluding hydrogens is 260 g/mol. The van der Waals surface area contributed by atoms with Gasteiger partial charge in [-0.3, -0.25) is 4.79 Å². The Kier molecular flexibility index (Phi) is 4.63. The lowest BCUT2D eigenvalue weighted by Gasteiger charge is -2.17. The molecule has 21 heavy (non-hydrogen) atoms. The van der Waals surface area contributed by atoms with E-state index in [-0.39, 0.29) is 11.8 Å². The zero-order valence-corrected chi connectivity index (χ0v) is 12.8. The molecule has 1 unspecified atom stereocenters. The Morgan fingerprint density at radius 1 is 1.14 bits per heavy atom. The van der Waals surface area contributed by atoms with E-state index in [0.717, 1.165) is 34.5 Å². The number of anilines is 2. The van der Waals surface area contributed by atoms with Gasteiger partial charge in [-0.05, 0) is 49.1 Å². The average Bonchev–Trinajstić information content (AvgIpc) is 2.46. The standard InChI is InChI=1S/C18H22N2O/c1-4-15(14-8-6-5-7-9-14)18(21)20-17-11-12(2)16(19)10-13(17)3/h5-11,15H,4,19H2,1-3H3,(H,20,21). The fourth-order valence-electron chi connectivity index (χ4n) is 2.45. The van der Waals surface area contributed by atoms with Crippen LogP contribution in [0, 0.1) is 13.8 Å². The Bertz CT molecular complexity index is 635. The maximum absolute atomic E-state index is 12.6. The lowest BCUT2D eigenvalue weighted by molar-refractivity contribution is -0.117. The van der Waals surface area contributed by atoms with E-state index in [1.807, 2.05) is 63.2 Å². The van der Waals surface area contributed by atoms with Gasteiger partial charge in [0.2, 0.25) is 5.91 Å². The van der Waals surface area contributed by atoms with Crippen molar-refractivity contribution in [1.29, 1.82) is 0 Å². The first-order chi connectivity index (χ1) is 10.0. The van der Waals surface area contributed by atoms with Gasteiger partial charge in [0.1, 0.15) is 0 Å². The van der Waals surface area contributed by atoms with E-state index in [1.54, 1.807) is 0 Å². The number of nitrogen functional groups attached to an aromatic ring is 1. The van der Waals surface area contributed by atoms with E-state index in [0.29, 0.717) is 0 Å². The first kappa shape index (κ1) is 15.1. The van der Waals surface area contributed by atoms with Gasteiger partial charge in [0.25, 0.3) is 0 Å². The molecule has 1 atom stereocenters. The topological polar surface area (TPSA) is 55.1 Å². The van der Waals surface area contributed by atoms with Gasteiger partial charge >= 0.3 is 0 Å². The maximum atomic E-state index is 12.6. The molecule has 0 heterocycles. The minimum atomic E-state index is -0.136. The van der Waals surface area contributed by atoms with E-state index in [9.17, 15) is 4.79 Å². The molecule has 0 saturated heterocycles. The summed E-state index contributed by atoms with van der Waals surface area (Å²) in [4.78, 5) is 12.6. The zero-order valence-electron chi connectivity index (χ0n) is 12.8. The normalized spacial score (nSPS) is 12.0. The highest BCUT2D eigenvalue weighted by Crippen LogP contribution is 2.25. The van der Waals surface area contributed by atoms with Crippen LogP contribution in [-0.4, -0.2) is 5.91 Å². The molecule has 0 fully saturated rings. The van der Waals surface area contributed by atoms with Crippen LogP contribution in [0.1, 0.15) is 36.0 Å². The highest BCUT2D eigenvalue weighted by atomic mass is 16.1. The van der Waals surface area contributed by atoms with Gasteiger partial charge in [0, 0.05) is 11.4 Å². The molecule has 0 saturated carbocycles. The molecule has 3 nitrogen and oxygen atoms in total. The Labute approximate surface area is 126 Å². The van der Waals surface area contributed by atoms with Crippen molar-refractivity contribution >= 4 is 17.3 Å². The number of benzene rings is 2. The minimum absolute atomic E-state index is 0.0240. The second-order valence-corrected chi connectivity index (χ2v) is 5.38.